The third-order valence-corrected chi connectivity index (χ3v) is 8.29. The number of alkyl halides is 6. The maximum absolute atomic E-state index is 14.4. The van der Waals surface area contributed by atoms with E-state index in [9.17, 15) is 40.7 Å². The van der Waals surface area contributed by atoms with E-state index in [2.05, 4.69) is 41.8 Å². The fraction of sp³-hybridized carbons (Fsp3) is 0.552. The number of nitrogens with two attached hydrogens (primary N) is 2. The Labute approximate surface area is 289 Å². The molecule has 0 radical (unpaired) electrons. The second kappa shape index (κ2) is 14.1. The molecule has 3 amide bonds. The molecule has 0 fully saturated rings. The zero-order chi connectivity index (χ0) is 37.3. The molecule has 0 aliphatic carbocycles. The molecule has 0 saturated carbocycles. The average molecular weight is 823 g/mol. The highest BCUT2D eigenvalue weighted by Gasteiger charge is 2.62. The highest BCUT2D eigenvalue weighted by Crippen LogP contribution is 2.45. The van der Waals surface area contributed by atoms with Crippen molar-refractivity contribution >= 4 is 49.8 Å². The van der Waals surface area contributed by atoms with Gasteiger partial charge in [0.2, 0.25) is 11.2 Å². The van der Waals surface area contributed by atoms with E-state index in [4.69, 9.17) is 25.7 Å². The van der Waals surface area contributed by atoms with Crippen LogP contribution in [0.4, 0.5) is 31.1 Å². The maximum Gasteiger partial charge on any atom is 0.426 e. The van der Waals surface area contributed by atoms with Crippen LogP contribution in [0, 0.1) is 0 Å². The summed E-state index contributed by atoms with van der Waals surface area (Å²) in [6.07, 6.45) is -12.0. The monoisotopic (exact) mass is 821 g/mol. The van der Waals surface area contributed by atoms with Crippen LogP contribution in [0.1, 0.15) is 59.9 Å². The Morgan fingerprint density at radius 2 is 1.02 bits per heavy atom. The topological polar surface area (TPSA) is 160 Å². The van der Waals surface area contributed by atoms with Gasteiger partial charge in [0, 0.05) is 0 Å². The first-order valence-corrected chi connectivity index (χ1v) is 15.4. The zero-order valence-corrected chi connectivity index (χ0v) is 30.0. The SMILES string of the molecule is CC(C)(C)OC(=O)N(C(C)(COC(C)(C(N)=O)C(F)(F)F)c1cccc(Br)n1)C(C)(COC(C)(C(N)=O)C(F)(F)F)c1cccc(Br)n1. The molecule has 268 valence electrons. The average Bonchev–Trinajstić information content (AvgIpc) is 2.92. The van der Waals surface area contributed by atoms with Crippen LogP contribution in [-0.2, 0) is 34.9 Å². The lowest BCUT2D eigenvalue weighted by atomic mass is 9.85. The number of pyridine rings is 2. The highest BCUT2D eigenvalue weighted by atomic mass is 79.9. The van der Waals surface area contributed by atoms with E-state index in [0.717, 1.165) is 4.90 Å². The van der Waals surface area contributed by atoms with Gasteiger partial charge in [-0.25, -0.2) is 14.8 Å². The summed E-state index contributed by atoms with van der Waals surface area (Å²) in [5.41, 5.74) is -3.19. The molecule has 2 aromatic rings. The number of ether oxygens (including phenoxy) is 3. The number of carbonyl (C=O) groups is 3. The molecule has 4 N–H and O–H groups in total. The van der Waals surface area contributed by atoms with E-state index in [1.54, 1.807) is 0 Å². The fourth-order valence-corrected chi connectivity index (χ4v) is 5.02. The van der Waals surface area contributed by atoms with E-state index in [-0.39, 0.29) is 20.6 Å². The van der Waals surface area contributed by atoms with Crippen LogP contribution in [0.2, 0.25) is 0 Å². The standard InChI is InChI=1S/C29H35Br2F6N5O6/c1-23(2,3)48-22(45)42(24(4,16-10-8-12-18(30)40-16)14-46-26(6,20(38)43)28(32,33)34)25(5,17-11-9-13-19(31)41-17)15-47-27(7,21(39)44)29(35,36)37/h8-13H,14-15H2,1-7H3,(H2,38,43)(H2,39,44). The summed E-state index contributed by atoms with van der Waals surface area (Å²) in [7, 11) is 0. The Morgan fingerprint density at radius 3 is 1.27 bits per heavy atom. The minimum absolute atomic E-state index is 0.126. The first-order valence-electron chi connectivity index (χ1n) is 13.9. The van der Waals surface area contributed by atoms with Gasteiger partial charge in [-0.15, -0.1) is 0 Å². The van der Waals surface area contributed by atoms with Crippen LogP contribution >= 0.6 is 31.9 Å². The first kappa shape index (κ1) is 41.1. The van der Waals surface area contributed by atoms with Crippen LogP contribution in [0.25, 0.3) is 0 Å². The van der Waals surface area contributed by atoms with Crippen molar-refractivity contribution in [3.8, 4) is 0 Å². The van der Waals surface area contributed by atoms with Gasteiger partial charge in [-0.3, -0.25) is 14.5 Å². The summed E-state index contributed by atoms with van der Waals surface area (Å²) in [5.74, 6) is -3.85. The number of primary amides is 2. The largest absolute Gasteiger partial charge is 0.444 e. The van der Waals surface area contributed by atoms with Crippen molar-refractivity contribution in [3.63, 3.8) is 0 Å². The van der Waals surface area contributed by atoms with Gasteiger partial charge in [-0.1, -0.05) is 12.1 Å². The van der Waals surface area contributed by atoms with Crippen LogP contribution in [0.5, 0.6) is 0 Å². The molecule has 48 heavy (non-hydrogen) atoms. The molecule has 2 rings (SSSR count). The normalized spacial score (nSPS) is 17.6. The lowest BCUT2D eigenvalue weighted by Crippen LogP contribution is -2.65. The predicted octanol–water partition coefficient (Wildman–Crippen LogP) is 6.02. The molecule has 0 aliphatic rings. The van der Waals surface area contributed by atoms with Gasteiger partial charge in [0.05, 0.1) is 24.6 Å². The highest BCUT2D eigenvalue weighted by molar-refractivity contribution is 9.10. The van der Waals surface area contributed by atoms with Crippen LogP contribution in [0.3, 0.4) is 0 Å². The van der Waals surface area contributed by atoms with Gasteiger partial charge in [0.1, 0.15) is 25.9 Å². The molecule has 0 saturated heterocycles. The predicted molar refractivity (Wildman–Crippen MR) is 166 cm³/mol. The number of carbonyl (C=O) groups excluding carboxylic acids is 3. The summed E-state index contributed by atoms with van der Waals surface area (Å²) < 4.78 is 102. The summed E-state index contributed by atoms with van der Waals surface area (Å²) in [4.78, 5) is 48.1. The van der Waals surface area contributed by atoms with Gasteiger partial charge < -0.3 is 25.7 Å². The lowest BCUT2D eigenvalue weighted by molar-refractivity contribution is -0.273. The third-order valence-electron chi connectivity index (χ3n) is 7.40. The first-order chi connectivity index (χ1) is 21.5. The van der Waals surface area contributed by atoms with E-state index in [1.807, 2.05) is 0 Å². The van der Waals surface area contributed by atoms with E-state index >= 15 is 0 Å². The van der Waals surface area contributed by atoms with E-state index in [0.29, 0.717) is 13.8 Å². The van der Waals surface area contributed by atoms with Gasteiger partial charge in [-0.05, 0) is 105 Å². The van der Waals surface area contributed by atoms with Crippen molar-refractivity contribution in [2.24, 2.45) is 11.5 Å². The Balaban J connectivity index is 3.09. The number of nitrogens with zero attached hydrogens (tertiary/aromatic N) is 3. The lowest BCUT2D eigenvalue weighted by Gasteiger charge is -2.51. The summed E-state index contributed by atoms with van der Waals surface area (Å²) in [5, 5.41) is 0. The van der Waals surface area contributed by atoms with Gasteiger partial charge in [0.15, 0.2) is 0 Å². The number of hydrogen-bond acceptors (Lipinski definition) is 8. The minimum atomic E-state index is -5.37. The Kier molecular flexibility index (Phi) is 12.1. The van der Waals surface area contributed by atoms with Crippen molar-refractivity contribution in [1.82, 2.24) is 14.9 Å². The molecule has 0 aromatic carbocycles. The molecule has 4 atom stereocenters. The minimum Gasteiger partial charge on any atom is -0.444 e. The molecule has 0 aliphatic heterocycles. The van der Waals surface area contributed by atoms with Crippen LogP contribution < -0.4 is 11.5 Å². The van der Waals surface area contributed by atoms with Crippen molar-refractivity contribution in [3.05, 3.63) is 57.0 Å². The van der Waals surface area contributed by atoms with Gasteiger partial charge in [0.25, 0.3) is 11.8 Å². The quantitative estimate of drug-likeness (QED) is 0.194. The number of amides is 3. The third kappa shape index (κ3) is 8.57. The molecule has 0 spiro atoms. The molecular formula is C29H35Br2F6N5O6. The Bertz CT molecular complexity index is 1430. The van der Waals surface area contributed by atoms with Crippen molar-refractivity contribution < 1.29 is 54.9 Å². The van der Waals surface area contributed by atoms with Crippen LogP contribution in [0.15, 0.2) is 45.6 Å². The van der Waals surface area contributed by atoms with Crippen molar-refractivity contribution in [2.75, 3.05) is 13.2 Å². The van der Waals surface area contributed by atoms with Crippen molar-refractivity contribution in [2.45, 2.75) is 88.7 Å². The number of hydrogen-bond donors (Lipinski definition) is 2. The smallest absolute Gasteiger partial charge is 0.426 e. The molecule has 2 heterocycles. The molecular weight excluding hydrogens is 788 g/mol. The molecule has 2 aromatic heterocycles. The van der Waals surface area contributed by atoms with Gasteiger partial charge >= 0.3 is 18.4 Å². The number of halogens is 8. The Hall–Kier alpha value is -3.03. The van der Waals surface area contributed by atoms with Crippen molar-refractivity contribution in [1.29, 1.82) is 0 Å². The molecule has 19 heteroatoms. The fourth-order valence-electron chi connectivity index (χ4n) is 4.33. The summed E-state index contributed by atoms with van der Waals surface area (Å²) >= 11 is 6.35. The van der Waals surface area contributed by atoms with E-state index in [1.165, 1.54) is 71.0 Å². The summed E-state index contributed by atoms with van der Waals surface area (Å²) in [6.45, 7) is 5.08. The number of aromatic nitrogens is 2. The van der Waals surface area contributed by atoms with E-state index < -0.39 is 71.4 Å². The zero-order valence-electron chi connectivity index (χ0n) is 26.8. The molecule has 11 nitrogen and oxygen atoms in total. The second-order valence-electron chi connectivity index (χ2n) is 12.4. The number of rotatable bonds is 12. The molecule has 0 bridgehead atoms. The Morgan fingerprint density at radius 1 is 0.688 bits per heavy atom. The molecule has 4 unspecified atom stereocenters. The van der Waals surface area contributed by atoms with Crippen LogP contribution in [-0.4, -0.2) is 75.1 Å². The van der Waals surface area contributed by atoms with Gasteiger partial charge in [-0.2, -0.15) is 26.3 Å². The second-order valence-corrected chi connectivity index (χ2v) is 14.0. The summed E-state index contributed by atoms with van der Waals surface area (Å²) in [6, 6.07) is 8.30. The maximum atomic E-state index is 14.4.